The summed E-state index contributed by atoms with van der Waals surface area (Å²) in [6.45, 7) is 0.733. The third-order valence-corrected chi connectivity index (χ3v) is 5.17. The Hall–Kier alpha value is -3.41. The van der Waals surface area contributed by atoms with Gasteiger partial charge in [-0.05, 0) is 37.5 Å². The van der Waals surface area contributed by atoms with Crippen LogP contribution in [-0.4, -0.2) is 23.3 Å². The van der Waals surface area contributed by atoms with Gasteiger partial charge < -0.3 is 14.6 Å². The van der Waals surface area contributed by atoms with Crippen LogP contribution < -0.4 is 10.2 Å². The van der Waals surface area contributed by atoms with Crippen molar-refractivity contribution in [3.8, 4) is 11.3 Å². The number of carbonyl (C=O) groups is 2. The van der Waals surface area contributed by atoms with Crippen molar-refractivity contribution in [2.75, 3.05) is 16.8 Å². The lowest BCUT2D eigenvalue weighted by Crippen LogP contribution is -2.35. The predicted octanol–water partition coefficient (Wildman–Crippen LogP) is 4.82. The fourth-order valence-corrected chi connectivity index (χ4v) is 3.62. The molecule has 1 fully saturated rings. The Labute approximate surface area is 175 Å². The number of carbonyl (C=O) groups excluding carboxylic acids is 2. The lowest BCUT2D eigenvalue weighted by Gasteiger charge is -2.27. The summed E-state index contributed by atoms with van der Waals surface area (Å²) in [4.78, 5) is 30.6. The molecule has 0 radical (unpaired) electrons. The van der Waals surface area contributed by atoms with Crippen molar-refractivity contribution in [3.63, 3.8) is 0 Å². The number of nitrogens with one attached hydrogen (secondary N) is 1. The number of aryl methyl sites for hydroxylation is 1. The molecule has 2 aromatic carbocycles. The summed E-state index contributed by atoms with van der Waals surface area (Å²) in [6, 6.07) is 17.3. The molecule has 0 saturated carbocycles. The molecule has 0 unspecified atom stereocenters. The van der Waals surface area contributed by atoms with E-state index in [-0.39, 0.29) is 11.8 Å². The van der Waals surface area contributed by atoms with Gasteiger partial charge in [-0.25, -0.2) is 4.98 Å². The van der Waals surface area contributed by atoms with Crippen LogP contribution in [0.5, 0.6) is 0 Å². The lowest BCUT2D eigenvalue weighted by molar-refractivity contribution is -0.119. The summed E-state index contributed by atoms with van der Waals surface area (Å²) < 4.78 is 5.78. The van der Waals surface area contributed by atoms with Crippen LogP contribution in [0.15, 0.2) is 65.2 Å². The van der Waals surface area contributed by atoms with Gasteiger partial charge in [0.1, 0.15) is 0 Å². The maximum Gasteiger partial charge on any atom is 0.226 e. The zero-order chi connectivity index (χ0) is 20.8. The van der Waals surface area contributed by atoms with Crippen LogP contribution in [0, 0.1) is 0 Å². The van der Waals surface area contributed by atoms with Crippen LogP contribution in [0.1, 0.15) is 38.0 Å². The quantitative estimate of drug-likeness (QED) is 0.614. The molecule has 1 aliphatic heterocycles. The van der Waals surface area contributed by atoms with Gasteiger partial charge in [0.2, 0.25) is 11.8 Å². The van der Waals surface area contributed by atoms with Gasteiger partial charge in [-0.1, -0.05) is 36.4 Å². The number of aromatic nitrogens is 1. The summed E-state index contributed by atoms with van der Waals surface area (Å²) in [5.74, 6) is 1.45. The normalized spacial score (nSPS) is 14.0. The van der Waals surface area contributed by atoms with Gasteiger partial charge in [0, 0.05) is 42.7 Å². The highest BCUT2D eigenvalue weighted by Gasteiger charge is 2.19. The monoisotopic (exact) mass is 403 g/mol. The summed E-state index contributed by atoms with van der Waals surface area (Å²) in [5, 5.41) is 2.93. The molecule has 154 valence electrons. The Morgan fingerprint density at radius 1 is 1.10 bits per heavy atom. The molecule has 6 nitrogen and oxygen atoms in total. The van der Waals surface area contributed by atoms with E-state index in [0.717, 1.165) is 36.4 Å². The minimum Gasteiger partial charge on any atom is -0.441 e. The van der Waals surface area contributed by atoms with Crippen molar-refractivity contribution < 1.29 is 14.0 Å². The number of oxazole rings is 1. The molecule has 6 heteroatoms. The SMILES string of the molecule is O=C(CCCc1ncc(-c2ccccc2)o1)Nc1cccc(N2CCCCC2=O)c1. The zero-order valence-corrected chi connectivity index (χ0v) is 16.8. The first-order chi connectivity index (χ1) is 14.7. The van der Waals surface area contributed by atoms with E-state index in [1.165, 1.54) is 0 Å². The van der Waals surface area contributed by atoms with Gasteiger partial charge in [-0.3, -0.25) is 9.59 Å². The minimum atomic E-state index is -0.0630. The summed E-state index contributed by atoms with van der Waals surface area (Å²) in [5.41, 5.74) is 2.53. The van der Waals surface area contributed by atoms with Crippen molar-refractivity contribution in [1.29, 1.82) is 0 Å². The molecule has 0 spiro atoms. The maximum atomic E-state index is 12.3. The van der Waals surface area contributed by atoms with Crippen LogP contribution in [0.3, 0.4) is 0 Å². The second-order valence-electron chi connectivity index (χ2n) is 7.44. The molecule has 3 aromatic rings. The highest BCUT2D eigenvalue weighted by atomic mass is 16.4. The summed E-state index contributed by atoms with van der Waals surface area (Å²) in [7, 11) is 0. The molecule has 1 aromatic heterocycles. The van der Waals surface area contributed by atoms with Crippen molar-refractivity contribution in [1.82, 2.24) is 4.98 Å². The standard InChI is InChI=1S/C24H25N3O3/c28-22(12-7-13-23-25-17-21(30-23)18-8-2-1-3-9-18)26-19-10-6-11-20(16-19)27-15-5-4-14-24(27)29/h1-3,6,8-11,16-17H,4-5,7,12-15H2,(H,26,28). The molecular weight excluding hydrogens is 378 g/mol. The van der Waals surface area contributed by atoms with Gasteiger partial charge in [-0.2, -0.15) is 0 Å². The lowest BCUT2D eigenvalue weighted by atomic mass is 10.1. The molecule has 1 N–H and O–H groups in total. The third kappa shape index (κ3) is 4.95. The highest BCUT2D eigenvalue weighted by molar-refractivity contribution is 5.96. The van der Waals surface area contributed by atoms with Crippen LogP contribution >= 0.6 is 0 Å². The first-order valence-electron chi connectivity index (χ1n) is 10.4. The average molecular weight is 403 g/mol. The van der Waals surface area contributed by atoms with Gasteiger partial charge in [0.15, 0.2) is 11.7 Å². The fourth-order valence-electron chi connectivity index (χ4n) is 3.62. The smallest absolute Gasteiger partial charge is 0.226 e. The molecule has 2 heterocycles. The molecular formula is C24H25N3O3. The minimum absolute atomic E-state index is 0.0630. The first kappa shape index (κ1) is 19.9. The van der Waals surface area contributed by atoms with E-state index in [2.05, 4.69) is 10.3 Å². The molecule has 30 heavy (non-hydrogen) atoms. The predicted molar refractivity (Wildman–Crippen MR) is 116 cm³/mol. The van der Waals surface area contributed by atoms with Gasteiger partial charge in [-0.15, -0.1) is 0 Å². The van der Waals surface area contributed by atoms with E-state index in [4.69, 9.17) is 4.42 Å². The van der Waals surface area contributed by atoms with Crippen LogP contribution in [0.25, 0.3) is 11.3 Å². The van der Waals surface area contributed by atoms with Gasteiger partial charge in [0.25, 0.3) is 0 Å². The van der Waals surface area contributed by atoms with Crippen molar-refractivity contribution in [2.24, 2.45) is 0 Å². The molecule has 0 aliphatic carbocycles. The van der Waals surface area contributed by atoms with E-state index in [9.17, 15) is 9.59 Å². The van der Waals surface area contributed by atoms with E-state index in [1.54, 1.807) is 11.1 Å². The zero-order valence-electron chi connectivity index (χ0n) is 16.8. The Morgan fingerprint density at radius 2 is 1.97 bits per heavy atom. The summed E-state index contributed by atoms with van der Waals surface area (Å²) in [6.07, 6.45) is 5.88. The van der Waals surface area contributed by atoms with E-state index in [0.29, 0.717) is 37.3 Å². The van der Waals surface area contributed by atoms with Gasteiger partial charge in [0.05, 0.1) is 6.20 Å². The van der Waals surface area contributed by atoms with E-state index in [1.807, 2.05) is 54.6 Å². The molecule has 0 atom stereocenters. The second-order valence-corrected chi connectivity index (χ2v) is 7.44. The maximum absolute atomic E-state index is 12.3. The number of benzene rings is 2. The van der Waals surface area contributed by atoms with E-state index >= 15 is 0 Å². The Bertz CT molecular complexity index is 1010. The molecule has 4 rings (SSSR count). The number of hydrogen-bond donors (Lipinski definition) is 1. The van der Waals surface area contributed by atoms with Crippen molar-refractivity contribution >= 4 is 23.2 Å². The molecule has 0 bridgehead atoms. The second kappa shape index (κ2) is 9.39. The highest BCUT2D eigenvalue weighted by Crippen LogP contribution is 2.24. The van der Waals surface area contributed by atoms with Crippen molar-refractivity contribution in [2.45, 2.75) is 38.5 Å². The summed E-state index contributed by atoms with van der Waals surface area (Å²) >= 11 is 0. The Morgan fingerprint density at radius 3 is 2.80 bits per heavy atom. The number of nitrogens with zero attached hydrogens (tertiary/aromatic N) is 2. The van der Waals surface area contributed by atoms with Crippen LogP contribution in [0.2, 0.25) is 0 Å². The van der Waals surface area contributed by atoms with Crippen molar-refractivity contribution in [3.05, 3.63) is 66.7 Å². The first-order valence-corrected chi connectivity index (χ1v) is 10.4. The van der Waals surface area contributed by atoms with Gasteiger partial charge >= 0.3 is 0 Å². The fraction of sp³-hybridized carbons (Fsp3) is 0.292. The topological polar surface area (TPSA) is 75.4 Å². The Balaban J connectivity index is 1.28. The number of anilines is 2. The molecule has 2 amide bonds. The molecule has 1 aliphatic rings. The average Bonchev–Trinajstić information content (AvgIpc) is 3.24. The largest absolute Gasteiger partial charge is 0.441 e. The molecule has 1 saturated heterocycles. The van der Waals surface area contributed by atoms with E-state index < -0.39 is 0 Å². The van der Waals surface area contributed by atoms with Crippen LogP contribution in [0.4, 0.5) is 11.4 Å². The third-order valence-electron chi connectivity index (χ3n) is 5.17. The number of piperidine rings is 1. The van der Waals surface area contributed by atoms with Crippen LogP contribution in [-0.2, 0) is 16.0 Å². The Kier molecular flexibility index (Phi) is 6.23. The number of amides is 2. The number of hydrogen-bond acceptors (Lipinski definition) is 4. The number of rotatable bonds is 7.